The first-order valence-corrected chi connectivity index (χ1v) is 12.5. The summed E-state index contributed by atoms with van der Waals surface area (Å²) in [5, 5.41) is 0. The minimum atomic E-state index is -0.698. The molecule has 5 heteroatoms. The molecule has 6 atom stereocenters. The van der Waals surface area contributed by atoms with Gasteiger partial charge in [-0.1, -0.05) is 46.9 Å². The van der Waals surface area contributed by atoms with Crippen LogP contribution in [0.5, 0.6) is 0 Å². The lowest BCUT2D eigenvalue weighted by Gasteiger charge is -2.68. The summed E-state index contributed by atoms with van der Waals surface area (Å²) in [6.07, 6.45) is 5.81. The molecule has 0 radical (unpaired) electrons. The molecule has 0 saturated heterocycles. The number of rotatable bonds is 6. The maximum Gasteiger partial charge on any atom is 0.305 e. The van der Waals surface area contributed by atoms with Gasteiger partial charge in [-0.15, -0.1) is 0 Å². The fraction of sp³-hybridized carbons (Fsp3) is 0.679. The number of hydrogen-bond acceptors (Lipinski definition) is 5. The highest BCUT2D eigenvalue weighted by molar-refractivity contribution is 6.04. The summed E-state index contributed by atoms with van der Waals surface area (Å²) >= 11 is 0. The van der Waals surface area contributed by atoms with Crippen molar-refractivity contribution in [3.63, 3.8) is 0 Å². The van der Waals surface area contributed by atoms with Crippen LogP contribution in [0.2, 0.25) is 0 Å². The van der Waals surface area contributed by atoms with Gasteiger partial charge in [-0.05, 0) is 60.7 Å². The van der Waals surface area contributed by atoms with Crippen LogP contribution in [0.15, 0.2) is 36.5 Å². The van der Waals surface area contributed by atoms with Crippen molar-refractivity contribution in [3.8, 4) is 0 Å². The lowest BCUT2D eigenvalue weighted by Crippen LogP contribution is -2.67. The van der Waals surface area contributed by atoms with E-state index in [1.807, 2.05) is 0 Å². The van der Waals surface area contributed by atoms with Crippen LogP contribution >= 0.6 is 0 Å². The zero-order chi connectivity index (χ0) is 24.2. The second-order valence-electron chi connectivity index (χ2n) is 11.1. The maximum atomic E-state index is 14.1. The lowest BCUT2D eigenvalue weighted by molar-refractivity contribution is -0.189. The number of carbonyl (C=O) groups is 3. The Morgan fingerprint density at radius 1 is 0.970 bits per heavy atom. The van der Waals surface area contributed by atoms with E-state index in [0.29, 0.717) is 24.3 Å². The van der Waals surface area contributed by atoms with Crippen molar-refractivity contribution < 1.29 is 23.9 Å². The fourth-order valence-electron chi connectivity index (χ4n) is 7.97. The smallest absolute Gasteiger partial charge is 0.305 e. The summed E-state index contributed by atoms with van der Waals surface area (Å²) in [6, 6.07) is 0. The summed E-state index contributed by atoms with van der Waals surface area (Å²) in [6.45, 7) is 19.3. The Morgan fingerprint density at radius 3 is 2.24 bits per heavy atom. The largest absolute Gasteiger partial charge is 0.465 e. The number of allylic oxidation sites excluding steroid dienone is 3. The van der Waals surface area contributed by atoms with Crippen LogP contribution in [0.4, 0.5) is 0 Å². The van der Waals surface area contributed by atoms with Crippen LogP contribution in [0.3, 0.4) is 0 Å². The zero-order valence-corrected chi connectivity index (χ0v) is 20.5. The predicted molar refractivity (Wildman–Crippen MR) is 126 cm³/mol. The van der Waals surface area contributed by atoms with Gasteiger partial charge in [0.1, 0.15) is 0 Å². The number of Topliss-reactive ketones (excluding diaryl/α,β-unsaturated/α-hetero) is 1. The standard InChI is InChI=1S/C28H38O5/c1-7-22(29)32-15-26(6)11-9-12-27(16-33-23(30)8-2)21-14-20-10-13-28(21,19(5)17(20)3)25(31)18(4)24(26)27/h20-21,24H,3-5,7-16H2,1-2,6H3/t20-,21?,24?,26-,27+,28+/m0/s1. The molecule has 0 aromatic heterocycles. The van der Waals surface area contributed by atoms with E-state index >= 15 is 0 Å². The van der Waals surface area contributed by atoms with Gasteiger partial charge in [0, 0.05) is 29.6 Å². The average Bonchev–Trinajstić information content (AvgIpc) is 2.82. The number of ketones is 1. The van der Waals surface area contributed by atoms with Gasteiger partial charge < -0.3 is 9.47 Å². The Labute approximate surface area is 197 Å². The second-order valence-corrected chi connectivity index (χ2v) is 11.1. The third kappa shape index (κ3) is 3.29. The molecule has 5 aliphatic rings. The number of esters is 2. The van der Waals surface area contributed by atoms with E-state index in [0.717, 1.165) is 49.7 Å². The Bertz CT molecular complexity index is 931. The zero-order valence-electron chi connectivity index (χ0n) is 20.5. The first-order chi connectivity index (χ1) is 15.6. The highest BCUT2D eigenvalue weighted by Crippen LogP contribution is 2.73. The van der Waals surface area contributed by atoms with Gasteiger partial charge in [0.25, 0.3) is 0 Å². The molecular formula is C28H38O5. The van der Waals surface area contributed by atoms with Crippen molar-refractivity contribution in [2.24, 2.45) is 34.0 Å². The highest BCUT2D eigenvalue weighted by Gasteiger charge is 2.71. The Kier molecular flexibility index (Phi) is 5.99. The minimum absolute atomic E-state index is 0.0240. The van der Waals surface area contributed by atoms with E-state index < -0.39 is 16.2 Å². The fourth-order valence-corrected chi connectivity index (χ4v) is 7.97. The molecule has 5 nitrogen and oxygen atoms in total. The Balaban J connectivity index is 1.84. The first-order valence-electron chi connectivity index (χ1n) is 12.5. The van der Waals surface area contributed by atoms with Gasteiger partial charge >= 0.3 is 11.9 Å². The van der Waals surface area contributed by atoms with Crippen LogP contribution in [-0.2, 0) is 23.9 Å². The molecule has 0 aromatic carbocycles. The molecule has 2 unspecified atom stereocenters. The van der Waals surface area contributed by atoms with E-state index in [1.165, 1.54) is 0 Å². The molecular weight excluding hydrogens is 416 g/mol. The van der Waals surface area contributed by atoms with Crippen molar-refractivity contribution >= 4 is 17.7 Å². The molecule has 33 heavy (non-hydrogen) atoms. The van der Waals surface area contributed by atoms with E-state index in [9.17, 15) is 14.4 Å². The van der Waals surface area contributed by atoms with E-state index in [1.54, 1.807) is 13.8 Å². The SMILES string of the molecule is C=C1C(=O)[C@@]23CC[C@@H](CC2[C@]2(COC(=O)CC)CCC[C@@](C)(COC(=O)CC)C12)C(=C)C3=C. The molecule has 1 spiro atoms. The van der Waals surface area contributed by atoms with Gasteiger partial charge in [0.15, 0.2) is 5.78 Å². The van der Waals surface area contributed by atoms with E-state index in [2.05, 4.69) is 26.7 Å². The van der Waals surface area contributed by atoms with Gasteiger partial charge in [-0.25, -0.2) is 0 Å². The summed E-state index contributed by atoms with van der Waals surface area (Å²) in [7, 11) is 0. The molecule has 5 rings (SSSR count). The minimum Gasteiger partial charge on any atom is -0.465 e. The summed E-state index contributed by atoms with van der Waals surface area (Å²) in [5.74, 6) is -0.264. The highest BCUT2D eigenvalue weighted by atomic mass is 16.5. The number of carbonyl (C=O) groups excluding carboxylic acids is 3. The van der Waals surface area contributed by atoms with Gasteiger partial charge in [0.2, 0.25) is 0 Å². The molecule has 5 aliphatic carbocycles. The molecule has 5 fully saturated rings. The third-order valence-corrected chi connectivity index (χ3v) is 9.46. The molecule has 0 N–H and O–H groups in total. The van der Waals surface area contributed by atoms with Crippen LogP contribution < -0.4 is 0 Å². The van der Waals surface area contributed by atoms with Crippen LogP contribution in [0.25, 0.3) is 0 Å². The van der Waals surface area contributed by atoms with Crippen LogP contribution in [0, 0.1) is 34.0 Å². The number of hydrogen-bond donors (Lipinski definition) is 0. The molecule has 180 valence electrons. The quantitative estimate of drug-likeness (QED) is 0.399. The van der Waals surface area contributed by atoms with Gasteiger partial charge in [-0.2, -0.15) is 0 Å². The molecule has 2 bridgehead atoms. The average molecular weight is 455 g/mol. The van der Waals surface area contributed by atoms with Crippen molar-refractivity contribution in [2.75, 3.05) is 13.2 Å². The molecule has 5 saturated carbocycles. The normalized spacial score (nSPS) is 39.7. The Morgan fingerprint density at radius 2 is 1.61 bits per heavy atom. The predicted octanol–water partition coefficient (Wildman–Crippen LogP) is 5.35. The van der Waals surface area contributed by atoms with Crippen molar-refractivity contribution in [1.82, 2.24) is 0 Å². The van der Waals surface area contributed by atoms with Crippen LogP contribution in [-0.4, -0.2) is 30.9 Å². The van der Waals surface area contributed by atoms with Crippen molar-refractivity contribution in [2.45, 2.75) is 72.1 Å². The van der Waals surface area contributed by atoms with E-state index in [-0.39, 0.29) is 42.8 Å². The second kappa shape index (κ2) is 8.25. The maximum absolute atomic E-state index is 14.1. The number of ether oxygens (including phenoxy) is 2. The van der Waals surface area contributed by atoms with Crippen molar-refractivity contribution in [1.29, 1.82) is 0 Å². The summed E-state index contributed by atoms with van der Waals surface area (Å²) in [4.78, 5) is 38.5. The third-order valence-electron chi connectivity index (χ3n) is 9.46. The molecule has 0 aliphatic heterocycles. The van der Waals surface area contributed by atoms with E-state index in [4.69, 9.17) is 9.47 Å². The van der Waals surface area contributed by atoms with Crippen LogP contribution in [0.1, 0.15) is 72.1 Å². The van der Waals surface area contributed by atoms with Gasteiger partial charge in [0.05, 0.1) is 18.6 Å². The molecule has 0 amide bonds. The summed E-state index contributed by atoms with van der Waals surface area (Å²) < 4.78 is 11.5. The summed E-state index contributed by atoms with van der Waals surface area (Å²) in [5.41, 5.74) is 0.896. The van der Waals surface area contributed by atoms with Gasteiger partial charge in [-0.3, -0.25) is 14.4 Å². The molecule has 0 aromatic rings. The van der Waals surface area contributed by atoms with Crippen molar-refractivity contribution in [3.05, 3.63) is 36.5 Å². The Hall–Kier alpha value is -2.17. The number of fused-ring (bicyclic) bond motifs is 3. The molecule has 0 heterocycles. The monoisotopic (exact) mass is 454 g/mol. The lowest BCUT2D eigenvalue weighted by atomic mass is 9.34. The topological polar surface area (TPSA) is 69.7 Å². The first kappa shape index (κ1) is 24.0.